The Hall–Kier alpha value is -2.73. The molecule has 0 fully saturated rings. The van der Waals surface area contributed by atoms with Crippen LogP contribution in [0, 0.1) is 0 Å². The number of thiocarbonyl (C=S) groups is 1. The molecule has 6 heteroatoms. The molecule has 1 heterocycles. The molecule has 0 unspecified atom stereocenters. The number of carbonyl (C=O) groups is 1. The van der Waals surface area contributed by atoms with E-state index in [1.807, 2.05) is 30.3 Å². The van der Waals surface area contributed by atoms with Gasteiger partial charge in [0.1, 0.15) is 0 Å². The summed E-state index contributed by atoms with van der Waals surface area (Å²) in [6.45, 7) is 4.29. The first-order valence-corrected chi connectivity index (χ1v) is 8.11. The van der Waals surface area contributed by atoms with Gasteiger partial charge in [-0.3, -0.25) is 10.2 Å². The molecule has 0 spiro atoms. The molecule has 1 aliphatic rings. The van der Waals surface area contributed by atoms with E-state index < -0.39 is 0 Å². The van der Waals surface area contributed by atoms with Gasteiger partial charge in [-0.2, -0.15) is 5.10 Å². The van der Waals surface area contributed by atoms with E-state index in [0.29, 0.717) is 16.6 Å². The fraction of sp³-hybridized carbons (Fsp3) is 0.167. The minimum absolute atomic E-state index is 0.151. The van der Waals surface area contributed by atoms with E-state index in [9.17, 15) is 4.79 Å². The molecule has 0 bridgehead atoms. The summed E-state index contributed by atoms with van der Waals surface area (Å²) in [5.41, 5.74) is 6.20. The lowest BCUT2D eigenvalue weighted by Crippen LogP contribution is -2.27. The fourth-order valence-electron chi connectivity index (χ4n) is 2.40. The van der Waals surface area contributed by atoms with Crippen molar-refractivity contribution in [2.45, 2.75) is 19.8 Å². The van der Waals surface area contributed by atoms with Crippen molar-refractivity contribution in [2.75, 3.05) is 10.6 Å². The maximum atomic E-state index is 12.2. The summed E-state index contributed by atoms with van der Waals surface area (Å²) in [4.78, 5) is 12.2. The number of para-hydroxylation sites is 1. The van der Waals surface area contributed by atoms with E-state index >= 15 is 0 Å². The van der Waals surface area contributed by atoms with E-state index in [0.717, 1.165) is 11.4 Å². The Morgan fingerprint density at radius 2 is 1.83 bits per heavy atom. The zero-order valence-electron chi connectivity index (χ0n) is 13.5. The van der Waals surface area contributed by atoms with E-state index in [2.05, 4.69) is 47.1 Å². The minimum Gasteiger partial charge on any atom is -0.335 e. The van der Waals surface area contributed by atoms with E-state index in [1.165, 1.54) is 5.56 Å². The smallest absolute Gasteiger partial charge is 0.232 e. The van der Waals surface area contributed by atoms with Crippen LogP contribution >= 0.6 is 12.2 Å². The summed E-state index contributed by atoms with van der Waals surface area (Å²) in [6.07, 6.45) is 0. The van der Waals surface area contributed by atoms with E-state index in [4.69, 9.17) is 12.2 Å². The SMILES string of the molecule is CC(C)c1ccc(NC(=S)NN=C2Nc3ccccc3C2=O)cc1. The molecule has 0 aliphatic carbocycles. The van der Waals surface area contributed by atoms with Gasteiger partial charge in [0, 0.05) is 11.3 Å². The number of hydrogen-bond donors (Lipinski definition) is 3. The Labute approximate surface area is 146 Å². The van der Waals surface area contributed by atoms with Crippen LogP contribution in [0.25, 0.3) is 0 Å². The van der Waals surface area contributed by atoms with E-state index in [1.54, 1.807) is 6.07 Å². The van der Waals surface area contributed by atoms with Gasteiger partial charge in [0.2, 0.25) is 5.78 Å². The van der Waals surface area contributed by atoms with Crippen LogP contribution in [0.3, 0.4) is 0 Å². The van der Waals surface area contributed by atoms with Gasteiger partial charge in [-0.05, 0) is 48.0 Å². The molecule has 0 saturated heterocycles. The quantitative estimate of drug-likeness (QED) is 0.588. The molecule has 24 heavy (non-hydrogen) atoms. The lowest BCUT2D eigenvalue weighted by molar-refractivity contribution is 0.106. The number of hydrazone groups is 1. The van der Waals surface area contributed by atoms with Gasteiger partial charge in [0.15, 0.2) is 10.9 Å². The summed E-state index contributed by atoms with van der Waals surface area (Å²) in [5, 5.41) is 10.4. The number of anilines is 2. The van der Waals surface area contributed by atoms with Crippen LogP contribution in [0.5, 0.6) is 0 Å². The summed E-state index contributed by atoms with van der Waals surface area (Å²) < 4.78 is 0. The molecule has 2 aromatic rings. The predicted octanol–water partition coefficient (Wildman–Crippen LogP) is 3.72. The van der Waals surface area contributed by atoms with Gasteiger partial charge in [-0.25, -0.2) is 0 Å². The first kappa shape index (κ1) is 16.1. The van der Waals surface area contributed by atoms with Gasteiger partial charge < -0.3 is 10.6 Å². The molecule has 2 aromatic carbocycles. The standard InChI is InChI=1S/C18H18N4OS/c1-11(2)12-7-9-13(10-8-12)19-18(24)22-21-17-16(23)14-5-3-4-6-15(14)20-17/h3-11H,1-2H3,(H2,19,22,24)(H,20,21,23). The topological polar surface area (TPSA) is 65.5 Å². The number of rotatable bonds is 3. The lowest BCUT2D eigenvalue weighted by atomic mass is 10.0. The second kappa shape index (κ2) is 6.80. The number of nitrogens with one attached hydrogen (secondary N) is 3. The highest BCUT2D eigenvalue weighted by molar-refractivity contribution is 7.80. The first-order chi connectivity index (χ1) is 11.5. The third-order valence-corrected chi connectivity index (χ3v) is 3.94. The molecule has 0 aromatic heterocycles. The van der Waals surface area contributed by atoms with Crippen molar-refractivity contribution in [3.05, 3.63) is 59.7 Å². The molecule has 0 amide bonds. The normalized spacial score (nSPS) is 14.5. The molecule has 0 radical (unpaired) electrons. The van der Waals surface area contributed by atoms with Crippen molar-refractivity contribution in [1.29, 1.82) is 0 Å². The van der Waals surface area contributed by atoms with Gasteiger partial charge in [-0.15, -0.1) is 0 Å². The van der Waals surface area contributed by atoms with E-state index in [-0.39, 0.29) is 11.6 Å². The van der Waals surface area contributed by atoms with Crippen LogP contribution in [0.15, 0.2) is 53.6 Å². The number of carbonyl (C=O) groups excluding carboxylic acids is 1. The molecule has 0 saturated carbocycles. The average Bonchev–Trinajstić information content (AvgIpc) is 2.90. The second-order valence-electron chi connectivity index (χ2n) is 5.80. The van der Waals surface area contributed by atoms with Crippen LogP contribution in [-0.2, 0) is 0 Å². The predicted molar refractivity (Wildman–Crippen MR) is 102 cm³/mol. The van der Waals surface area contributed by atoms with Crippen molar-refractivity contribution in [1.82, 2.24) is 5.43 Å². The summed E-state index contributed by atoms with van der Waals surface area (Å²) in [5.74, 6) is 0.564. The highest BCUT2D eigenvalue weighted by Crippen LogP contribution is 2.22. The molecule has 122 valence electrons. The van der Waals surface area contributed by atoms with Gasteiger partial charge >= 0.3 is 0 Å². The lowest BCUT2D eigenvalue weighted by Gasteiger charge is -2.09. The zero-order valence-corrected chi connectivity index (χ0v) is 14.3. The molecule has 5 nitrogen and oxygen atoms in total. The second-order valence-corrected chi connectivity index (χ2v) is 6.21. The van der Waals surface area contributed by atoms with Crippen molar-refractivity contribution >= 4 is 40.3 Å². The number of nitrogens with zero attached hydrogens (tertiary/aromatic N) is 1. The van der Waals surface area contributed by atoms with Crippen LogP contribution in [-0.4, -0.2) is 16.7 Å². The Balaban J connectivity index is 1.61. The maximum absolute atomic E-state index is 12.2. The summed E-state index contributed by atoms with van der Waals surface area (Å²) in [6, 6.07) is 15.3. The largest absolute Gasteiger partial charge is 0.335 e. The summed E-state index contributed by atoms with van der Waals surface area (Å²) in [7, 11) is 0. The number of benzene rings is 2. The van der Waals surface area contributed by atoms with Crippen molar-refractivity contribution in [3.63, 3.8) is 0 Å². The Morgan fingerprint density at radius 1 is 1.12 bits per heavy atom. The highest BCUT2D eigenvalue weighted by atomic mass is 32.1. The number of ketones is 1. The Bertz CT molecular complexity index is 812. The Kier molecular flexibility index (Phi) is 4.57. The first-order valence-electron chi connectivity index (χ1n) is 7.70. The van der Waals surface area contributed by atoms with Crippen molar-refractivity contribution < 1.29 is 4.79 Å². The van der Waals surface area contributed by atoms with Crippen LogP contribution in [0.2, 0.25) is 0 Å². The highest BCUT2D eigenvalue weighted by Gasteiger charge is 2.25. The van der Waals surface area contributed by atoms with Gasteiger partial charge in [0.05, 0.1) is 5.69 Å². The third kappa shape index (κ3) is 3.44. The van der Waals surface area contributed by atoms with Crippen LogP contribution in [0.4, 0.5) is 11.4 Å². The zero-order chi connectivity index (χ0) is 17.1. The van der Waals surface area contributed by atoms with Crippen molar-refractivity contribution in [2.24, 2.45) is 5.10 Å². The number of fused-ring (bicyclic) bond motifs is 1. The molecule has 0 atom stereocenters. The molecule has 3 rings (SSSR count). The fourth-order valence-corrected chi connectivity index (χ4v) is 2.56. The molecular formula is C18H18N4OS. The molecule has 1 aliphatic heterocycles. The van der Waals surface area contributed by atoms with Crippen molar-refractivity contribution in [3.8, 4) is 0 Å². The van der Waals surface area contributed by atoms with Gasteiger partial charge in [0.25, 0.3) is 0 Å². The monoisotopic (exact) mass is 338 g/mol. The van der Waals surface area contributed by atoms with Crippen LogP contribution in [0.1, 0.15) is 35.7 Å². The van der Waals surface area contributed by atoms with Gasteiger partial charge in [-0.1, -0.05) is 38.1 Å². The molecular weight excluding hydrogens is 320 g/mol. The average molecular weight is 338 g/mol. The number of Topliss-reactive ketones (excluding diaryl/α,β-unsaturated/α-hetero) is 1. The summed E-state index contributed by atoms with van der Waals surface area (Å²) >= 11 is 5.21. The number of amidine groups is 1. The molecule has 3 N–H and O–H groups in total. The minimum atomic E-state index is -0.151. The Morgan fingerprint density at radius 3 is 2.50 bits per heavy atom. The third-order valence-electron chi connectivity index (χ3n) is 3.74. The number of hydrogen-bond acceptors (Lipinski definition) is 3. The maximum Gasteiger partial charge on any atom is 0.232 e. The van der Waals surface area contributed by atoms with Crippen LogP contribution < -0.4 is 16.1 Å².